The Balaban J connectivity index is 0.00000176. The van der Waals surface area contributed by atoms with E-state index in [1.165, 1.54) is 19.4 Å². The van der Waals surface area contributed by atoms with Gasteiger partial charge in [-0.3, -0.25) is 9.89 Å². The zero-order valence-corrected chi connectivity index (χ0v) is 15.8. The van der Waals surface area contributed by atoms with Crippen LogP contribution in [0.25, 0.3) is 0 Å². The van der Waals surface area contributed by atoms with Gasteiger partial charge in [-0.15, -0.1) is 24.0 Å². The zero-order chi connectivity index (χ0) is 14.8. The normalized spacial score (nSPS) is 25.9. The molecule has 1 saturated heterocycles. The van der Waals surface area contributed by atoms with Gasteiger partial charge in [0.15, 0.2) is 11.7 Å². The third-order valence-corrected chi connectivity index (χ3v) is 4.36. The van der Waals surface area contributed by atoms with Gasteiger partial charge in [0, 0.05) is 38.3 Å². The van der Waals surface area contributed by atoms with Crippen LogP contribution in [0.4, 0.5) is 0 Å². The summed E-state index contributed by atoms with van der Waals surface area (Å²) in [5, 5.41) is 10.7. The predicted molar refractivity (Wildman–Crippen MR) is 97.5 cm³/mol. The van der Waals surface area contributed by atoms with E-state index in [2.05, 4.69) is 32.6 Å². The summed E-state index contributed by atoms with van der Waals surface area (Å²) in [6.07, 6.45) is 2.74. The molecule has 2 heterocycles. The molecule has 2 aliphatic rings. The number of nitrogens with one attached hydrogen (secondary N) is 2. The predicted octanol–water partition coefficient (Wildman–Crippen LogP) is 1.75. The first kappa shape index (κ1) is 17.5. The summed E-state index contributed by atoms with van der Waals surface area (Å²) in [5.74, 6) is 2.31. The van der Waals surface area contributed by atoms with Crippen LogP contribution in [0.1, 0.15) is 31.2 Å². The molecule has 6 nitrogen and oxygen atoms in total. The second-order valence-electron chi connectivity index (χ2n) is 6.27. The van der Waals surface area contributed by atoms with Crippen LogP contribution in [-0.2, 0) is 6.54 Å². The van der Waals surface area contributed by atoms with Gasteiger partial charge in [0.05, 0.1) is 12.2 Å². The number of rotatable bonds is 4. The molecule has 22 heavy (non-hydrogen) atoms. The maximum Gasteiger partial charge on any atom is 0.191 e. The third kappa shape index (κ3) is 4.34. The van der Waals surface area contributed by atoms with Gasteiger partial charge in [-0.2, -0.15) is 0 Å². The minimum Gasteiger partial charge on any atom is -0.359 e. The Hall–Kier alpha value is -0.830. The molecule has 0 spiro atoms. The Morgan fingerprint density at radius 2 is 2.23 bits per heavy atom. The number of likely N-dealkylation sites (tertiary alicyclic amines) is 1. The zero-order valence-electron chi connectivity index (χ0n) is 13.5. The summed E-state index contributed by atoms with van der Waals surface area (Å²) in [6, 6.07) is 3.24. The van der Waals surface area contributed by atoms with Crippen LogP contribution < -0.4 is 10.6 Å². The average molecular weight is 419 g/mol. The highest BCUT2D eigenvalue weighted by Crippen LogP contribution is 2.31. The van der Waals surface area contributed by atoms with Crippen molar-refractivity contribution in [3.05, 3.63) is 17.5 Å². The molecule has 1 aliphatic heterocycles. The van der Waals surface area contributed by atoms with Crippen molar-refractivity contribution < 1.29 is 4.52 Å². The van der Waals surface area contributed by atoms with E-state index < -0.39 is 0 Å². The Kier molecular flexibility index (Phi) is 6.08. The van der Waals surface area contributed by atoms with E-state index in [0.29, 0.717) is 18.5 Å². The van der Waals surface area contributed by atoms with Crippen molar-refractivity contribution in [2.45, 2.75) is 45.3 Å². The lowest BCUT2D eigenvalue weighted by Gasteiger charge is -2.20. The number of hydrogen-bond donors (Lipinski definition) is 2. The summed E-state index contributed by atoms with van der Waals surface area (Å²) in [6.45, 7) is 7.16. The van der Waals surface area contributed by atoms with Gasteiger partial charge < -0.3 is 15.2 Å². The molecular formula is C15H26IN5O. The fraction of sp³-hybridized carbons (Fsp3) is 0.733. The summed E-state index contributed by atoms with van der Waals surface area (Å²) in [7, 11) is 1.80. The van der Waals surface area contributed by atoms with Crippen molar-refractivity contribution in [3.63, 3.8) is 0 Å². The van der Waals surface area contributed by atoms with Crippen LogP contribution in [0.15, 0.2) is 15.6 Å². The molecule has 7 heteroatoms. The highest BCUT2D eigenvalue weighted by Gasteiger charge is 2.38. The molecule has 2 N–H and O–H groups in total. The van der Waals surface area contributed by atoms with E-state index in [-0.39, 0.29) is 24.0 Å². The van der Waals surface area contributed by atoms with E-state index in [4.69, 9.17) is 4.52 Å². The number of aryl methyl sites for hydroxylation is 1. The van der Waals surface area contributed by atoms with Gasteiger partial charge >= 0.3 is 0 Å². The Morgan fingerprint density at radius 1 is 1.45 bits per heavy atom. The van der Waals surface area contributed by atoms with Crippen molar-refractivity contribution >= 4 is 29.9 Å². The molecule has 0 bridgehead atoms. The molecule has 1 aliphatic carbocycles. The standard InChI is InChI=1S/C15H25N5O.HI/c1-10-8-20(12-4-5-12)9-14(10)18-15(16-3)17-7-13-6-11(2)19-21-13;/h6,10,12,14H,4-5,7-9H2,1-3H3,(H2,16,17,18);1H. The minimum absolute atomic E-state index is 0. The van der Waals surface area contributed by atoms with Crippen LogP contribution in [0, 0.1) is 12.8 Å². The lowest BCUT2D eigenvalue weighted by atomic mass is 10.1. The highest BCUT2D eigenvalue weighted by molar-refractivity contribution is 14.0. The quantitative estimate of drug-likeness (QED) is 0.442. The fourth-order valence-electron chi connectivity index (χ4n) is 2.97. The smallest absolute Gasteiger partial charge is 0.191 e. The lowest BCUT2D eigenvalue weighted by molar-refractivity contribution is 0.315. The van der Waals surface area contributed by atoms with E-state index >= 15 is 0 Å². The SMILES string of the molecule is CN=C(NCc1cc(C)no1)NC1CN(C2CC2)CC1C.I. The van der Waals surface area contributed by atoms with E-state index in [1.807, 2.05) is 13.0 Å². The monoisotopic (exact) mass is 419 g/mol. The highest BCUT2D eigenvalue weighted by atomic mass is 127. The number of guanidine groups is 1. The molecule has 2 fully saturated rings. The van der Waals surface area contributed by atoms with Crippen LogP contribution >= 0.6 is 24.0 Å². The molecule has 3 rings (SSSR count). The molecule has 0 amide bonds. The van der Waals surface area contributed by atoms with Crippen molar-refractivity contribution in [1.82, 2.24) is 20.7 Å². The third-order valence-electron chi connectivity index (χ3n) is 4.36. The molecule has 0 aromatic carbocycles. The van der Waals surface area contributed by atoms with Crippen LogP contribution in [0.5, 0.6) is 0 Å². The topological polar surface area (TPSA) is 65.7 Å². The number of nitrogens with zero attached hydrogens (tertiary/aromatic N) is 3. The van der Waals surface area contributed by atoms with Crippen molar-refractivity contribution in [3.8, 4) is 0 Å². The Morgan fingerprint density at radius 3 is 2.82 bits per heavy atom. The lowest BCUT2D eigenvalue weighted by Crippen LogP contribution is -2.46. The maximum absolute atomic E-state index is 5.20. The van der Waals surface area contributed by atoms with E-state index in [1.54, 1.807) is 7.05 Å². The molecule has 2 atom stereocenters. The second kappa shape index (κ2) is 7.63. The summed E-state index contributed by atoms with van der Waals surface area (Å²) in [5.41, 5.74) is 0.902. The molecule has 0 radical (unpaired) electrons. The molecule has 2 unspecified atom stereocenters. The fourth-order valence-corrected chi connectivity index (χ4v) is 2.97. The Bertz CT molecular complexity index is 514. The first-order valence-corrected chi connectivity index (χ1v) is 7.79. The van der Waals surface area contributed by atoms with Gasteiger partial charge in [-0.25, -0.2) is 0 Å². The van der Waals surface area contributed by atoms with Gasteiger partial charge in [-0.05, 0) is 25.7 Å². The summed E-state index contributed by atoms with van der Waals surface area (Å²) in [4.78, 5) is 6.91. The van der Waals surface area contributed by atoms with Crippen LogP contribution in [-0.4, -0.2) is 48.2 Å². The van der Waals surface area contributed by atoms with Crippen LogP contribution in [0.2, 0.25) is 0 Å². The van der Waals surface area contributed by atoms with Crippen LogP contribution in [0.3, 0.4) is 0 Å². The number of halogens is 1. The molecule has 124 valence electrons. The average Bonchev–Trinajstić information content (AvgIpc) is 3.14. The van der Waals surface area contributed by atoms with Crippen molar-refractivity contribution in [2.75, 3.05) is 20.1 Å². The van der Waals surface area contributed by atoms with E-state index in [9.17, 15) is 0 Å². The van der Waals surface area contributed by atoms with Gasteiger partial charge in [0.1, 0.15) is 0 Å². The van der Waals surface area contributed by atoms with Gasteiger partial charge in [0.2, 0.25) is 0 Å². The Labute approximate surface area is 149 Å². The van der Waals surface area contributed by atoms with Gasteiger partial charge in [0.25, 0.3) is 0 Å². The summed E-state index contributed by atoms with van der Waals surface area (Å²) < 4.78 is 5.20. The summed E-state index contributed by atoms with van der Waals surface area (Å²) >= 11 is 0. The molecule has 1 aromatic rings. The number of aliphatic imine (C=N–C) groups is 1. The largest absolute Gasteiger partial charge is 0.359 e. The second-order valence-corrected chi connectivity index (χ2v) is 6.27. The molecule has 1 aromatic heterocycles. The molecular weight excluding hydrogens is 393 g/mol. The van der Waals surface area contributed by atoms with E-state index in [0.717, 1.165) is 30.0 Å². The number of hydrogen-bond acceptors (Lipinski definition) is 4. The first-order valence-electron chi connectivity index (χ1n) is 7.79. The molecule has 1 saturated carbocycles. The first-order chi connectivity index (χ1) is 10.2. The van der Waals surface area contributed by atoms with Gasteiger partial charge in [-0.1, -0.05) is 12.1 Å². The maximum atomic E-state index is 5.20. The number of aromatic nitrogens is 1. The van der Waals surface area contributed by atoms with Crippen molar-refractivity contribution in [1.29, 1.82) is 0 Å². The minimum atomic E-state index is 0. The van der Waals surface area contributed by atoms with Crippen molar-refractivity contribution in [2.24, 2.45) is 10.9 Å².